The van der Waals surface area contributed by atoms with Gasteiger partial charge in [0, 0.05) is 13.0 Å². The summed E-state index contributed by atoms with van der Waals surface area (Å²) in [4.78, 5) is 111. The average molecular weight is 647 g/mol. The number of aromatic nitrogens is 2. The van der Waals surface area contributed by atoms with Gasteiger partial charge in [0.15, 0.2) is 11.8 Å². The van der Waals surface area contributed by atoms with E-state index >= 15 is 0 Å². The van der Waals surface area contributed by atoms with Gasteiger partial charge in [-0.1, -0.05) is 5.43 Å². The molecule has 1 aromatic rings. The number of ether oxygens (including phenoxy) is 2. The molecule has 0 saturated heterocycles. The van der Waals surface area contributed by atoms with E-state index in [-0.39, 0.29) is 19.4 Å². The molecule has 0 spiro atoms. The van der Waals surface area contributed by atoms with Crippen LogP contribution in [-0.4, -0.2) is 88.4 Å². The second-order valence-corrected chi connectivity index (χ2v) is 8.78. The van der Waals surface area contributed by atoms with Crippen LogP contribution in [0.15, 0.2) is 20.8 Å². The number of nitrogens with two attached hydrogens (primary N) is 2. The number of hydrazine groups is 1. The van der Waals surface area contributed by atoms with Crippen LogP contribution in [0.25, 0.3) is 0 Å². The number of amides is 4. The molecule has 9 N–H and O–H groups in total. The molecule has 0 aliphatic rings. The Morgan fingerprint density at radius 2 is 1.78 bits per heavy atom. The Hall–Kier alpha value is -5.90. The number of aliphatic imine (C=N–C) groups is 1. The van der Waals surface area contributed by atoms with Crippen LogP contribution in [0.4, 0.5) is 4.39 Å². The number of carbonyl (C=O) groups is 6. The lowest BCUT2D eigenvalue weighted by Crippen LogP contribution is -2.52. The number of nitrogens with zero attached hydrogens (tertiary/aromatic N) is 3. The van der Waals surface area contributed by atoms with Crippen LogP contribution < -0.4 is 44.1 Å². The van der Waals surface area contributed by atoms with Gasteiger partial charge in [-0.25, -0.2) is 24.7 Å². The van der Waals surface area contributed by atoms with Gasteiger partial charge in [0.2, 0.25) is 29.4 Å². The van der Waals surface area contributed by atoms with E-state index in [0.717, 1.165) is 7.11 Å². The van der Waals surface area contributed by atoms with Crippen molar-refractivity contribution in [1.29, 1.82) is 0 Å². The number of halogens is 1. The maximum atomic E-state index is 13.3. The van der Waals surface area contributed by atoms with Crippen molar-refractivity contribution < 1.29 is 47.7 Å². The van der Waals surface area contributed by atoms with Gasteiger partial charge in [-0.05, 0) is 12.8 Å². The fraction of sp³-hybridized carbons (Fsp3) is 0.500. The van der Waals surface area contributed by atoms with Crippen molar-refractivity contribution in [3.05, 3.63) is 43.0 Å². The molecule has 1 rings (SSSR count). The molecule has 1 heterocycles. The number of methoxy groups -OCH3 is 1. The maximum Gasteiger partial charge on any atom is 0.331 e. The zero-order chi connectivity index (χ0) is 34.1. The lowest BCUT2D eigenvalue weighted by Gasteiger charge is -2.19. The highest BCUT2D eigenvalue weighted by atomic mass is 19.1. The first kappa shape index (κ1) is 37.1. The summed E-state index contributed by atoms with van der Waals surface area (Å²) >= 11 is 0. The van der Waals surface area contributed by atoms with E-state index in [1.54, 1.807) is 10.4 Å². The number of hydrogen-bond donors (Lipinski definition) is 7. The van der Waals surface area contributed by atoms with Crippen molar-refractivity contribution in [1.82, 2.24) is 30.9 Å². The SMILES string of the molecule is COC(=O)C(CCCN=C(N)N[N+](=O)[O-])NC(=O)CNC(=O)C(CC(N)=O)NC(=O)CCC(=O)OCn1cc(F)c(=O)[nH]c1=O. The Balaban J connectivity index is 2.62. The summed E-state index contributed by atoms with van der Waals surface area (Å²) in [6.45, 7) is -1.54. The topological polar surface area (TPSA) is 331 Å². The van der Waals surface area contributed by atoms with E-state index in [0.29, 0.717) is 10.8 Å². The molecule has 0 aromatic carbocycles. The van der Waals surface area contributed by atoms with Crippen LogP contribution in [0.2, 0.25) is 0 Å². The normalized spacial score (nSPS) is 12.2. The van der Waals surface area contributed by atoms with Crippen LogP contribution in [0, 0.1) is 15.9 Å². The van der Waals surface area contributed by atoms with Crippen molar-refractivity contribution in [3.63, 3.8) is 0 Å². The van der Waals surface area contributed by atoms with Gasteiger partial charge in [0.05, 0.1) is 32.7 Å². The Kier molecular flexibility index (Phi) is 15.3. The monoisotopic (exact) mass is 646 g/mol. The van der Waals surface area contributed by atoms with Crippen LogP contribution >= 0.6 is 0 Å². The summed E-state index contributed by atoms with van der Waals surface area (Å²) in [5.41, 5.74) is 9.70. The second-order valence-electron chi connectivity index (χ2n) is 8.78. The number of carbonyl (C=O) groups excluding carboxylic acids is 6. The van der Waals surface area contributed by atoms with E-state index < -0.39 is 108 Å². The molecule has 0 aliphatic carbocycles. The minimum absolute atomic E-state index is 0.0249. The van der Waals surface area contributed by atoms with Gasteiger partial charge in [0.25, 0.3) is 11.5 Å². The smallest absolute Gasteiger partial charge is 0.331 e. The highest BCUT2D eigenvalue weighted by molar-refractivity contribution is 5.94. The molecule has 23 heteroatoms. The second kappa shape index (κ2) is 18.6. The Morgan fingerprint density at radius 1 is 1.11 bits per heavy atom. The number of rotatable bonds is 18. The molecule has 2 unspecified atom stereocenters. The largest absolute Gasteiger partial charge is 0.467 e. The standard InChI is InChI=1S/C22H31FN10O12/c1-44-20(40)12(3-2-6-26-21(25)31-33(42)43)28-16(36)8-27-19(39)13(7-14(24)34)29-15(35)4-5-17(37)45-10-32-9-11(23)18(38)30-22(32)41/h9,12-13H,2-8,10H2,1H3,(H2,24,34)(H,27,39)(H,28,36)(H,29,35)(H3,25,26,31)(H,30,38,41). The number of nitro groups is 1. The number of H-pyrrole nitrogens is 1. The number of nitrogens with one attached hydrogen (secondary N) is 5. The predicted octanol–water partition coefficient (Wildman–Crippen LogP) is -5.03. The fourth-order valence-corrected chi connectivity index (χ4v) is 3.24. The Bertz CT molecular complexity index is 1430. The van der Waals surface area contributed by atoms with Crippen molar-refractivity contribution in [2.75, 3.05) is 20.2 Å². The third kappa shape index (κ3) is 14.7. The molecule has 22 nitrogen and oxygen atoms in total. The van der Waals surface area contributed by atoms with Crippen molar-refractivity contribution in [3.8, 4) is 0 Å². The maximum absolute atomic E-state index is 13.3. The third-order valence-electron chi connectivity index (χ3n) is 5.33. The van der Waals surface area contributed by atoms with Gasteiger partial charge in [-0.2, -0.15) is 4.39 Å². The molecule has 0 saturated carbocycles. The molecule has 0 fully saturated rings. The lowest BCUT2D eigenvalue weighted by molar-refractivity contribution is -0.525. The first-order chi connectivity index (χ1) is 21.1. The molecule has 2 atom stereocenters. The lowest BCUT2D eigenvalue weighted by atomic mass is 10.1. The van der Waals surface area contributed by atoms with Crippen LogP contribution in [-0.2, 0) is 45.0 Å². The first-order valence-corrected chi connectivity index (χ1v) is 12.7. The highest BCUT2D eigenvalue weighted by Gasteiger charge is 2.25. The number of esters is 2. The Labute approximate surface area is 251 Å². The van der Waals surface area contributed by atoms with Crippen LogP contribution in [0.5, 0.6) is 0 Å². The predicted molar refractivity (Wildman–Crippen MR) is 145 cm³/mol. The van der Waals surface area contributed by atoms with Gasteiger partial charge in [-0.15, -0.1) is 0 Å². The zero-order valence-corrected chi connectivity index (χ0v) is 23.7. The number of primary amides is 1. The Morgan fingerprint density at radius 3 is 2.40 bits per heavy atom. The molecule has 0 aliphatic heterocycles. The van der Waals surface area contributed by atoms with E-state index in [9.17, 15) is 52.9 Å². The van der Waals surface area contributed by atoms with Crippen LogP contribution in [0.3, 0.4) is 0 Å². The summed E-state index contributed by atoms with van der Waals surface area (Å²) in [5, 5.41) is 16.0. The van der Waals surface area contributed by atoms with Gasteiger partial charge < -0.3 is 36.9 Å². The average Bonchev–Trinajstić information content (AvgIpc) is 2.96. The quantitative estimate of drug-likeness (QED) is 0.0196. The minimum atomic E-state index is -1.56. The zero-order valence-electron chi connectivity index (χ0n) is 23.7. The van der Waals surface area contributed by atoms with Crippen LogP contribution in [0.1, 0.15) is 32.1 Å². The summed E-state index contributed by atoms with van der Waals surface area (Å²) in [7, 11) is 1.06. The minimum Gasteiger partial charge on any atom is -0.467 e. The highest BCUT2D eigenvalue weighted by Crippen LogP contribution is 2.02. The van der Waals surface area contributed by atoms with Crippen molar-refractivity contribution in [2.24, 2.45) is 16.5 Å². The van der Waals surface area contributed by atoms with Gasteiger partial charge in [-0.3, -0.25) is 38.3 Å². The summed E-state index contributed by atoms with van der Waals surface area (Å²) in [6.07, 6.45) is -1.20. The summed E-state index contributed by atoms with van der Waals surface area (Å²) in [5.74, 6) is -7.43. The molecule has 248 valence electrons. The van der Waals surface area contributed by atoms with Crippen molar-refractivity contribution >= 4 is 41.5 Å². The molecule has 1 aromatic heterocycles. The molecule has 4 amide bonds. The first-order valence-electron chi connectivity index (χ1n) is 12.7. The van der Waals surface area contributed by atoms with E-state index in [1.807, 2.05) is 0 Å². The summed E-state index contributed by atoms with van der Waals surface area (Å²) < 4.78 is 23.2. The third-order valence-corrected chi connectivity index (χ3v) is 5.33. The van der Waals surface area contributed by atoms with E-state index in [1.165, 1.54) is 0 Å². The number of guanidine groups is 1. The number of hydrogen-bond acceptors (Lipinski definition) is 13. The van der Waals surface area contributed by atoms with E-state index in [2.05, 4.69) is 25.7 Å². The van der Waals surface area contributed by atoms with Gasteiger partial charge >= 0.3 is 17.6 Å². The fourth-order valence-electron chi connectivity index (χ4n) is 3.24. The molecule has 0 bridgehead atoms. The van der Waals surface area contributed by atoms with Gasteiger partial charge in [0.1, 0.15) is 12.1 Å². The molecule has 45 heavy (non-hydrogen) atoms. The summed E-state index contributed by atoms with van der Waals surface area (Å²) in [6, 6.07) is -2.75. The molecular weight excluding hydrogens is 615 g/mol. The van der Waals surface area contributed by atoms with E-state index in [4.69, 9.17) is 16.2 Å². The molecule has 0 radical (unpaired) electrons. The number of aromatic amines is 1. The van der Waals surface area contributed by atoms with Crippen molar-refractivity contribution in [2.45, 2.75) is 50.9 Å². The molecular formula is C22H31FN10O12.